The number of ether oxygens (including phenoxy) is 1. The Morgan fingerprint density at radius 1 is 1.24 bits per heavy atom. The van der Waals surface area contributed by atoms with Gasteiger partial charge in [-0.1, -0.05) is 26.0 Å². The Kier molecular flexibility index (Phi) is 6.95. The van der Waals surface area contributed by atoms with Gasteiger partial charge in [0.1, 0.15) is 5.75 Å². The van der Waals surface area contributed by atoms with Crippen molar-refractivity contribution in [1.82, 2.24) is 4.31 Å². The van der Waals surface area contributed by atoms with E-state index in [2.05, 4.69) is 17.6 Å². The Morgan fingerprint density at radius 3 is 2.76 bits per heavy atom. The number of nitrogens with one attached hydrogen (secondary N) is 2. The smallest absolute Gasteiger partial charge is 0.265 e. The van der Waals surface area contributed by atoms with Crippen molar-refractivity contribution in [2.45, 2.75) is 57.5 Å². The molecule has 2 atom stereocenters. The maximum Gasteiger partial charge on any atom is 0.265 e. The molecule has 1 fully saturated rings. The molecule has 182 valence electrons. The maximum absolute atomic E-state index is 13.6. The van der Waals surface area contributed by atoms with Gasteiger partial charge in [0.2, 0.25) is 15.9 Å². The molecule has 0 unspecified atom stereocenters. The number of amides is 2. The summed E-state index contributed by atoms with van der Waals surface area (Å²) in [5.41, 5.74) is 2.83. The molecule has 2 aliphatic rings. The Labute approximate surface area is 200 Å². The summed E-state index contributed by atoms with van der Waals surface area (Å²) in [6.45, 7) is 6.05. The molecule has 2 heterocycles. The van der Waals surface area contributed by atoms with E-state index in [0.717, 1.165) is 17.7 Å². The van der Waals surface area contributed by atoms with E-state index in [1.165, 1.54) is 10.4 Å². The fourth-order valence-electron chi connectivity index (χ4n) is 4.46. The molecule has 0 spiro atoms. The van der Waals surface area contributed by atoms with Crippen molar-refractivity contribution in [2.75, 3.05) is 23.7 Å². The lowest BCUT2D eigenvalue weighted by atomic mass is 9.98. The number of hydrogen-bond donors (Lipinski definition) is 2. The van der Waals surface area contributed by atoms with E-state index < -0.39 is 22.0 Å². The lowest BCUT2D eigenvalue weighted by Gasteiger charge is -2.32. The number of fused-ring (bicyclic) bond motifs is 1. The van der Waals surface area contributed by atoms with Gasteiger partial charge in [-0.15, -0.1) is 0 Å². The predicted molar refractivity (Wildman–Crippen MR) is 130 cm³/mol. The normalized spacial score (nSPS) is 20.7. The van der Waals surface area contributed by atoms with E-state index in [4.69, 9.17) is 4.74 Å². The minimum Gasteiger partial charge on any atom is -0.478 e. The van der Waals surface area contributed by atoms with Crippen molar-refractivity contribution in [3.63, 3.8) is 0 Å². The average Bonchev–Trinajstić information content (AvgIpc) is 2.83. The third-order valence-corrected chi connectivity index (χ3v) is 8.45. The van der Waals surface area contributed by atoms with Crippen LogP contribution in [0.2, 0.25) is 0 Å². The minimum atomic E-state index is -3.85. The van der Waals surface area contributed by atoms with Crippen molar-refractivity contribution in [2.24, 2.45) is 5.92 Å². The van der Waals surface area contributed by atoms with Gasteiger partial charge < -0.3 is 15.4 Å². The van der Waals surface area contributed by atoms with Gasteiger partial charge in [-0.25, -0.2) is 8.42 Å². The lowest BCUT2D eigenvalue weighted by Crippen LogP contribution is -2.44. The molecule has 2 aromatic rings. The molecular formula is C25H31N3O5S. The molecule has 8 nitrogen and oxygen atoms in total. The molecule has 0 radical (unpaired) electrons. The summed E-state index contributed by atoms with van der Waals surface area (Å²) in [7, 11) is -3.85. The van der Waals surface area contributed by atoms with Crippen LogP contribution in [0.4, 0.5) is 11.4 Å². The zero-order chi connectivity index (χ0) is 24.5. The molecule has 4 rings (SSSR count). The van der Waals surface area contributed by atoms with Crippen LogP contribution in [-0.4, -0.2) is 43.7 Å². The highest BCUT2D eigenvalue weighted by molar-refractivity contribution is 7.89. The second-order valence-corrected chi connectivity index (χ2v) is 10.8. The van der Waals surface area contributed by atoms with Crippen molar-refractivity contribution in [3.05, 3.63) is 47.5 Å². The molecule has 0 saturated carbocycles. The second kappa shape index (κ2) is 9.76. The number of carbonyl (C=O) groups excluding carboxylic acids is 2. The molecule has 34 heavy (non-hydrogen) atoms. The minimum absolute atomic E-state index is 0.118. The third kappa shape index (κ3) is 4.81. The summed E-state index contributed by atoms with van der Waals surface area (Å²) in [6.07, 6.45) is 1.92. The van der Waals surface area contributed by atoms with Crippen molar-refractivity contribution in [1.29, 1.82) is 0 Å². The number of piperidine rings is 1. The first-order valence-corrected chi connectivity index (χ1v) is 13.2. The average molecular weight is 486 g/mol. The fourth-order valence-corrected chi connectivity index (χ4v) is 6.20. The Morgan fingerprint density at radius 2 is 2.03 bits per heavy atom. The van der Waals surface area contributed by atoms with Gasteiger partial charge in [0.05, 0.1) is 16.5 Å². The lowest BCUT2D eigenvalue weighted by molar-refractivity contribution is -0.123. The van der Waals surface area contributed by atoms with E-state index in [0.29, 0.717) is 42.8 Å². The predicted octanol–water partition coefficient (Wildman–Crippen LogP) is 3.71. The van der Waals surface area contributed by atoms with Crippen molar-refractivity contribution >= 4 is 33.2 Å². The van der Waals surface area contributed by atoms with Crippen molar-refractivity contribution < 1.29 is 22.7 Å². The Balaban J connectivity index is 1.53. The van der Waals surface area contributed by atoms with Crippen LogP contribution in [0.5, 0.6) is 5.75 Å². The van der Waals surface area contributed by atoms with Crippen LogP contribution >= 0.6 is 0 Å². The van der Waals surface area contributed by atoms with Gasteiger partial charge in [-0.2, -0.15) is 4.31 Å². The van der Waals surface area contributed by atoms with Crippen molar-refractivity contribution in [3.8, 4) is 5.75 Å². The molecule has 0 aliphatic carbocycles. The zero-order valence-electron chi connectivity index (χ0n) is 19.8. The summed E-state index contributed by atoms with van der Waals surface area (Å²) >= 11 is 0. The zero-order valence-corrected chi connectivity index (χ0v) is 20.6. The van der Waals surface area contributed by atoms with E-state index in [-0.39, 0.29) is 23.3 Å². The summed E-state index contributed by atoms with van der Waals surface area (Å²) in [4.78, 5) is 25.2. The van der Waals surface area contributed by atoms with E-state index in [1.54, 1.807) is 13.0 Å². The summed E-state index contributed by atoms with van der Waals surface area (Å²) in [5, 5.41) is 5.73. The molecule has 0 bridgehead atoms. The summed E-state index contributed by atoms with van der Waals surface area (Å²) < 4.78 is 34.3. The second-order valence-electron chi connectivity index (χ2n) is 8.86. The topological polar surface area (TPSA) is 105 Å². The highest BCUT2D eigenvalue weighted by Gasteiger charge is 2.36. The van der Waals surface area contributed by atoms with Gasteiger partial charge in [0.15, 0.2) is 6.10 Å². The number of rotatable bonds is 6. The maximum atomic E-state index is 13.6. The van der Waals surface area contributed by atoms with Gasteiger partial charge in [-0.3, -0.25) is 9.59 Å². The van der Waals surface area contributed by atoms with E-state index >= 15 is 0 Å². The number of carbonyl (C=O) groups is 2. The van der Waals surface area contributed by atoms with E-state index in [9.17, 15) is 18.0 Å². The van der Waals surface area contributed by atoms with Crippen LogP contribution in [0.25, 0.3) is 0 Å². The number of aryl methyl sites for hydroxylation is 2. The first-order valence-electron chi connectivity index (χ1n) is 11.7. The van der Waals surface area contributed by atoms with Crippen LogP contribution in [0.1, 0.15) is 44.2 Å². The summed E-state index contributed by atoms with van der Waals surface area (Å²) in [6, 6.07) is 10.8. The number of sulfonamides is 1. The van der Waals surface area contributed by atoms with Gasteiger partial charge in [0.25, 0.3) is 5.91 Å². The molecule has 9 heteroatoms. The van der Waals surface area contributed by atoms with E-state index in [1.807, 2.05) is 31.2 Å². The largest absolute Gasteiger partial charge is 0.478 e. The first kappa shape index (κ1) is 24.2. The number of hydrogen-bond acceptors (Lipinski definition) is 5. The third-order valence-electron chi connectivity index (χ3n) is 6.44. The quantitative estimate of drug-likeness (QED) is 0.649. The molecule has 1 saturated heterocycles. The standard InChI is InChI=1S/C25H31N3O5S/c1-4-17-8-6-10-19(13-17)26-24(29)18-9-7-11-28(15-18)34(31,32)23-14-22-20(12-16(23)3)27-25(30)21(5-2)33-22/h6,8,10,12-14,18,21H,4-5,7,9,11,15H2,1-3H3,(H,26,29)(H,27,30)/t18-,21-/m1/s1. The highest BCUT2D eigenvalue weighted by Crippen LogP contribution is 2.36. The molecule has 2 aliphatic heterocycles. The van der Waals surface area contributed by atoms with Crippen LogP contribution < -0.4 is 15.4 Å². The Bertz CT molecular complexity index is 1210. The SMILES string of the molecule is CCc1cccc(NC(=O)[C@@H]2CCCN(S(=O)(=O)c3cc4c(cc3C)NC(=O)[C@@H](CC)O4)C2)c1. The molecule has 0 aromatic heterocycles. The number of nitrogens with zero attached hydrogens (tertiary/aromatic N) is 1. The first-order chi connectivity index (χ1) is 16.2. The van der Waals surface area contributed by atoms with Crippen LogP contribution in [0.15, 0.2) is 41.3 Å². The number of benzene rings is 2. The van der Waals surface area contributed by atoms with Crippen LogP contribution in [-0.2, 0) is 26.0 Å². The summed E-state index contributed by atoms with van der Waals surface area (Å²) in [5.74, 6) is -0.504. The van der Waals surface area contributed by atoms with Gasteiger partial charge in [0, 0.05) is 24.8 Å². The van der Waals surface area contributed by atoms with Crippen LogP contribution in [0, 0.1) is 12.8 Å². The molecular weight excluding hydrogens is 454 g/mol. The number of anilines is 2. The Hall–Kier alpha value is -2.91. The molecule has 2 aromatic carbocycles. The highest BCUT2D eigenvalue weighted by atomic mass is 32.2. The molecule has 2 N–H and O–H groups in total. The monoisotopic (exact) mass is 485 g/mol. The van der Waals surface area contributed by atoms with Gasteiger partial charge in [-0.05, 0) is 61.9 Å². The molecule has 2 amide bonds. The fraction of sp³-hybridized carbons (Fsp3) is 0.440. The van der Waals surface area contributed by atoms with Crippen LogP contribution in [0.3, 0.4) is 0 Å². The van der Waals surface area contributed by atoms with Gasteiger partial charge >= 0.3 is 0 Å².